The lowest BCUT2D eigenvalue weighted by molar-refractivity contribution is 0.628. The molecule has 2 aromatic rings. The van der Waals surface area contributed by atoms with Crippen LogP contribution >= 0.6 is 0 Å². The molecule has 0 unspecified atom stereocenters. The Labute approximate surface area is 93.2 Å². The molecule has 2 rings (SSSR count). The summed E-state index contributed by atoms with van der Waals surface area (Å²) in [5.74, 6) is 0.243. The normalized spacial score (nSPS) is 10.4. The van der Waals surface area contributed by atoms with Gasteiger partial charge >= 0.3 is 0 Å². The van der Waals surface area contributed by atoms with Crippen molar-refractivity contribution in [2.45, 2.75) is 6.42 Å². The summed E-state index contributed by atoms with van der Waals surface area (Å²) < 4.78 is 13.0. The molecule has 4 heteroatoms. The van der Waals surface area contributed by atoms with E-state index in [0.717, 1.165) is 12.0 Å². The maximum atomic E-state index is 13.0. The average Bonchev–Trinajstić information content (AvgIpc) is 2.30. The minimum atomic E-state index is -0.285. The van der Waals surface area contributed by atoms with E-state index in [-0.39, 0.29) is 5.82 Å². The molecule has 0 aliphatic heterocycles. The predicted octanol–water partition coefficient (Wildman–Crippen LogP) is 1.78. The molecule has 1 aromatic carbocycles. The van der Waals surface area contributed by atoms with Gasteiger partial charge in [0, 0.05) is 18.0 Å². The first kappa shape index (κ1) is 10.7. The molecule has 82 valence electrons. The van der Waals surface area contributed by atoms with Gasteiger partial charge in [-0.3, -0.25) is 0 Å². The maximum absolute atomic E-state index is 13.0. The number of hydrogen-bond donors (Lipinski definition) is 1. The molecule has 1 aromatic heterocycles. The number of nitrogens with two attached hydrogens (primary N) is 1. The Morgan fingerprint density at radius 3 is 2.56 bits per heavy atom. The maximum Gasteiger partial charge on any atom is 0.159 e. The molecule has 0 radical (unpaired) electrons. The summed E-state index contributed by atoms with van der Waals surface area (Å²) in [5.41, 5.74) is 7.09. The largest absolute Gasteiger partial charge is 0.330 e. The molecular weight excluding hydrogens is 205 g/mol. The molecule has 0 aliphatic carbocycles. The van der Waals surface area contributed by atoms with Gasteiger partial charge in [-0.25, -0.2) is 14.4 Å². The zero-order valence-electron chi connectivity index (χ0n) is 8.73. The molecule has 0 saturated carbocycles. The highest BCUT2D eigenvalue weighted by Crippen LogP contribution is 2.15. The van der Waals surface area contributed by atoms with Crippen LogP contribution in [0.5, 0.6) is 0 Å². The van der Waals surface area contributed by atoms with E-state index < -0.39 is 0 Å². The predicted molar refractivity (Wildman–Crippen MR) is 60.2 cm³/mol. The van der Waals surface area contributed by atoms with Crippen molar-refractivity contribution < 1.29 is 4.39 Å². The van der Waals surface area contributed by atoms with Crippen LogP contribution in [0.2, 0.25) is 0 Å². The topological polar surface area (TPSA) is 51.8 Å². The van der Waals surface area contributed by atoms with E-state index in [2.05, 4.69) is 9.97 Å². The Hall–Kier alpha value is -1.81. The van der Waals surface area contributed by atoms with Gasteiger partial charge < -0.3 is 5.73 Å². The first-order valence-electron chi connectivity index (χ1n) is 5.06. The second-order valence-corrected chi connectivity index (χ2v) is 3.46. The third-order valence-electron chi connectivity index (χ3n) is 2.22. The van der Waals surface area contributed by atoms with E-state index in [9.17, 15) is 4.39 Å². The van der Waals surface area contributed by atoms with E-state index in [4.69, 9.17) is 5.73 Å². The van der Waals surface area contributed by atoms with Gasteiger partial charge in [0.15, 0.2) is 5.82 Å². The zero-order valence-corrected chi connectivity index (χ0v) is 8.73. The summed E-state index contributed by atoms with van der Waals surface area (Å²) >= 11 is 0. The number of halogens is 1. The lowest BCUT2D eigenvalue weighted by Crippen LogP contribution is -2.03. The Bertz CT molecular complexity index is 468. The Balaban J connectivity index is 2.27. The minimum absolute atomic E-state index is 0.285. The van der Waals surface area contributed by atoms with Crippen LogP contribution in [-0.2, 0) is 6.42 Å². The molecule has 0 bridgehead atoms. The van der Waals surface area contributed by atoms with Crippen molar-refractivity contribution in [2.75, 3.05) is 6.54 Å². The van der Waals surface area contributed by atoms with Gasteiger partial charge in [-0.1, -0.05) is 12.1 Å². The van der Waals surface area contributed by atoms with Crippen molar-refractivity contribution in [1.29, 1.82) is 0 Å². The van der Waals surface area contributed by atoms with Gasteiger partial charge in [-0.15, -0.1) is 0 Å². The van der Waals surface area contributed by atoms with Crippen LogP contribution in [0, 0.1) is 5.82 Å². The van der Waals surface area contributed by atoms with Gasteiger partial charge in [-0.2, -0.15) is 0 Å². The Morgan fingerprint density at radius 2 is 1.94 bits per heavy atom. The number of hydrogen-bond acceptors (Lipinski definition) is 3. The third-order valence-corrected chi connectivity index (χ3v) is 2.22. The van der Waals surface area contributed by atoms with Crippen molar-refractivity contribution in [3.63, 3.8) is 0 Å². The summed E-state index contributed by atoms with van der Waals surface area (Å²) in [7, 11) is 0. The monoisotopic (exact) mass is 217 g/mol. The van der Waals surface area contributed by atoms with Crippen LogP contribution < -0.4 is 5.73 Å². The zero-order chi connectivity index (χ0) is 11.4. The standard InChI is InChI=1S/C12H12FN3/c13-11-3-1-2-10(6-11)12-15-7-9(4-5-14)8-16-12/h1-3,6-8H,4-5,14H2. The Kier molecular flexibility index (Phi) is 3.22. The molecule has 0 aliphatic rings. The van der Waals surface area contributed by atoms with Crippen molar-refractivity contribution in [2.24, 2.45) is 5.73 Å². The van der Waals surface area contributed by atoms with Gasteiger partial charge in [0.05, 0.1) is 0 Å². The van der Waals surface area contributed by atoms with E-state index in [1.54, 1.807) is 24.5 Å². The lowest BCUT2D eigenvalue weighted by Gasteiger charge is -2.01. The fraction of sp³-hybridized carbons (Fsp3) is 0.167. The van der Waals surface area contributed by atoms with Crippen LogP contribution in [0.25, 0.3) is 11.4 Å². The van der Waals surface area contributed by atoms with Gasteiger partial charge in [0.2, 0.25) is 0 Å². The van der Waals surface area contributed by atoms with Crippen molar-refractivity contribution in [3.8, 4) is 11.4 Å². The van der Waals surface area contributed by atoms with E-state index in [0.29, 0.717) is 17.9 Å². The summed E-state index contributed by atoms with van der Waals surface area (Å²) in [4.78, 5) is 8.35. The smallest absolute Gasteiger partial charge is 0.159 e. The second kappa shape index (κ2) is 4.81. The lowest BCUT2D eigenvalue weighted by atomic mass is 10.2. The molecule has 2 N–H and O–H groups in total. The highest BCUT2D eigenvalue weighted by Gasteiger charge is 2.02. The molecule has 0 spiro atoms. The van der Waals surface area contributed by atoms with Gasteiger partial charge in [0.25, 0.3) is 0 Å². The highest BCUT2D eigenvalue weighted by atomic mass is 19.1. The molecule has 0 atom stereocenters. The molecule has 3 nitrogen and oxygen atoms in total. The SMILES string of the molecule is NCCc1cnc(-c2cccc(F)c2)nc1. The van der Waals surface area contributed by atoms with Crippen LogP contribution in [0.3, 0.4) is 0 Å². The van der Waals surface area contributed by atoms with Crippen LogP contribution in [-0.4, -0.2) is 16.5 Å². The summed E-state index contributed by atoms with van der Waals surface area (Å²) in [6.45, 7) is 0.572. The number of benzene rings is 1. The minimum Gasteiger partial charge on any atom is -0.330 e. The number of rotatable bonds is 3. The average molecular weight is 217 g/mol. The van der Waals surface area contributed by atoms with Gasteiger partial charge in [0.1, 0.15) is 5.82 Å². The second-order valence-electron chi connectivity index (χ2n) is 3.46. The molecule has 0 amide bonds. The van der Waals surface area contributed by atoms with Crippen LogP contribution in [0.15, 0.2) is 36.7 Å². The first-order chi connectivity index (χ1) is 7.79. The third kappa shape index (κ3) is 2.41. The molecule has 1 heterocycles. The molecular formula is C12H12FN3. The van der Waals surface area contributed by atoms with Gasteiger partial charge in [-0.05, 0) is 30.7 Å². The molecule has 16 heavy (non-hydrogen) atoms. The van der Waals surface area contributed by atoms with Crippen molar-refractivity contribution in [3.05, 3.63) is 48.0 Å². The van der Waals surface area contributed by atoms with Crippen LogP contribution in [0.4, 0.5) is 4.39 Å². The van der Waals surface area contributed by atoms with E-state index in [1.807, 2.05) is 0 Å². The quantitative estimate of drug-likeness (QED) is 0.852. The van der Waals surface area contributed by atoms with E-state index in [1.165, 1.54) is 12.1 Å². The van der Waals surface area contributed by atoms with Crippen molar-refractivity contribution in [1.82, 2.24) is 9.97 Å². The highest BCUT2D eigenvalue weighted by molar-refractivity contribution is 5.54. The van der Waals surface area contributed by atoms with Crippen LogP contribution in [0.1, 0.15) is 5.56 Å². The van der Waals surface area contributed by atoms with E-state index >= 15 is 0 Å². The fourth-order valence-corrected chi connectivity index (χ4v) is 1.43. The number of nitrogens with zero attached hydrogens (tertiary/aromatic N) is 2. The molecule has 0 fully saturated rings. The first-order valence-corrected chi connectivity index (χ1v) is 5.06. The summed E-state index contributed by atoms with van der Waals surface area (Å²) in [6, 6.07) is 6.23. The molecule has 0 saturated heterocycles. The summed E-state index contributed by atoms with van der Waals surface area (Å²) in [6.07, 6.45) is 4.20. The summed E-state index contributed by atoms with van der Waals surface area (Å²) in [5, 5.41) is 0. The Morgan fingerprint density at radius 1 is 1.19 bits per heavy atom. The number of aromatic nitrogens is 2. The fourth-order valence-electron chi connectivity index (χ4n) is 1.43. The van der Waals surface area contributed by atoms with Crippen molar-refractivity contribution >= 4 is 0 Å².